The van der Waals surface area contributed by atoms with Gasteiger partial charge in [0.15, 0.2) is 5.13 Å². The lowest BCUT2D eigenvalue weighted by molar-refractivity contribution is -0.117. The number of hydrogen-bond acceptors (Lipinski definition) is 4. The van der Waals surface area contributed by atoms with Gasteiger partial charge in [0, 0.05) is 17.8 Å². The van der Waals surface area contributed by atoms with Gasteiger partial charge in [0.05, 0.1) is 10.2 Å². The minimum atomic E-state index is -0.226. The van der Waals surface area contributed by atoms with Gasteiger partial charge in [-0.25, -0.2) is 4.98 Å². The van der Waals surface area contributed by atoms with Gasteiger partial charge in [0.25, 0.3) is 5.91 Å². The number of rotatable bonds is 4. The van der Waals surface area contributed by atoms with Crippen molar-refractivity contribution in [2.24, 2.45) is 5.92 Å². The van der Waals surface area contributed by atoms with Crippen molar-refractivity contribution in [3.8, 4) is 0 Å². The molecule has 2 heterocycles. The zero-order valence-electron chi connectivity index (χ0n) is 12.1. The van der Waals surface area contributed by atoms with Gasteiger partial charge in [-0.15, -0.1) is 0 Å². The molecule has 3 N–H and O–H groups in total. The van der Waals surface area contributed by atoms with Crippen molar-refractivity contribution in [2.45, 2.75) is 12.8 Å². The summed E-state index contributed by atoms with van der Waals surface area (Å²) < 4.78 is 0.917. The molecule has 1 aliphatic carbocycles. The number of nitrogens with zero attached hydrogens (tertiary/aromatic N) is 1. The van der Waals surface area contributed by atoms with E-state index in [1.54, 1.807) is 18.3 Å². The predicted octanol–water partition coefficient (Wildman–Crippen LogP) is 3.23. The van der Waals surface area contributed by atoms with Crippen LogP contribution in [0.25, 0.3) is 10.2 Å². The maximum absolute atomic E-state index is 12.0. The topological polar surface area (TPSA) is 86.9 Å². The van der Waals surface area contributed by atoms with Crippen LogP contribution in [0.1, 0.15) is 23.3 Å². The van der Waals surface area contributed by atoms with E-state index in [0.29, 0.717) is 10.8 Å². The molecule has 4 rings (SSSR count). The fourth-order valence-corrected chi connectivity index (χ4v) is 3.18. The molecule has 1 aromatic carbocycles. The molecule has 0 aliphatic heterocycles. The number of benzene rings is 1. The predicted molar refractivity (Wildman–Crippen MR) is 89.7 cm³/mol. The van der Waals surface area contributed by atoms with Gasteiger partial charge < -0.3 is 10.3 Å². The Morgan fingerprint density at radius 1 is 1.22 bits per heavy atom. The third-order valence-electron chi connectivity index (χ3n) is 3.67. The van der Waals surface area contributed by atoms with Gasteiger partial charge in [0.1, 0.15) is 5.69 Å². The summed E-state index contributed by atoms with van der Waals surface area (Å²) >= 11 is 1.38. The average molecular weight is 326 g/mol. The van der Waals surface area contributed by atoms with Crippen LogP contribution in [-0.4, -0.2) is 21.8 Å². The first-order valence-electron chi connectivity index (χ1n) is 7.35. The van der Waals surface area contributed by atoms with Crippen molar-refractivity contribution >= 4 is 44.2 Å². The normalized spacial score (nSPS) is 13.9. The SMILES string of the molecule is O=C(Nc1nc2ccc(NC(=O)C3CC3)cc2s1)c1ccc[nH]1. The minimum Gasteiger partial charge on any atom is -0.357 e. The Bertz CT molecular complexity index is 881. The fourth-order valence-electron chi connectivity index (χ4n) is 2.28. The first-order valence-corrected chi connectivity index (χ1v) is 8.17. The molecule has 0 spiro atoms. The Labute approximate surface area is 135 Å². The first kappa shape index (κ1) is 14.0. The number of amides is 2. The lowest BCUT2D eigenvalue weighted by Crippen LogP contribution is -2.12. The van der Waals surface area contributed by atoms with E-state index in [4.69, 9.17) is 0 Å². The molecule has 6 nitrogen and oxygen atoms in total. The van der Waals surface area contributed by atoms with E-state index in [0.717, 1.165) is 28.7 Å². The highest BCUT2D eigenvalue weighted by Gasteiger charge is 2.29. The molecule has 0 bridgehead atoms. The number of hydrogen-bond donors (Lipinski definition) is 3. The summed E-state index contributed by atoms with van der Waals surface area (Å²) in [6, 6.07) is 9.03. The molecular weight excluding hydrogens is 312 g/mol. The van der Waals surface area contributed by atoms with Crippen LogP contribution in [0.4, 0.5) is 10.8 Å². The Morgan fingerprint density at radius 2 is 2.09 bits per heavy atom. The molecule has 23 heavy (non-hydrogen) atoms. The number of aromatic nitrogens is 2. The monoisotopic (exact) mass is 326 g/mol. The maximum atomic E-state index is 12.0. The van der Waals surface area contributed by atoms with Gasteiger partial charge in [0.2, 0.25) is 5.91 Å². The van der Waals surface area contributed by atoms with E-state index in [9.17, 15) is 9.59 Å². The number of carbonyl (C=O) groups is 2. The van der Waals surface area contributed by atoms with Crippen LogP contribution in [0, 0.1) is 5.92 Å². The smallest absolute Gasteiger partial charge is 0.273 e. The average Bonchev–Trinajstić information content (AvgIpc) is 3.09. The minimum absolute atomic E-state index is 0.0779. The largest absolute Gasteiger partial charge is 0.357 e. The zero-order valence-corrected chi connectivity index (χ0v) is 12.9. The second-order valence-corrected chi connectivity index (χ2v) is 6.53. The van der Waals surface area contributed by atoms with Gasteiger partial charge >= 0.3 is 0 Å². The molecule has 2 aromatic heterocycles. The van der Waals surface area contributed by atoms with Crippen LogP contribution in [0.3, 0.4) is 0 Å². The van der Waals surface area contributed by atoms with E-state index in [2.05, 4.69) is 20.6 Å². The summed E-state index contributed by atoms with van der Waals surface area (Å²) in [5, 5.41) is 6.22. The van der Waals surface area contributed by atoms with Crippen LogP contribution in [0.2, 0.25) is 0 Å². The summed E-state index contributed by atoms with van der Waals surface area (Å²) in [7, 11) is 0. The summed E-state index contributed by atoms with van der Waals surface area (Å²) in [5.74, 6) is 0.0215. The molecule has 0 radical (unpaired) electrons. The standard InChI is InChI=1S/C16H14N4O2S/c21-14(9-3-4-9)18-10-5-6-11-13(8-10)23-16(19-11)20-15(22)12-2-1-7-17-12/h1-2,5-9,17H,3-4H2,(H,18,21)(H,19,20,22). The highest BCUT2D eigenvalue weighted by Crippen LogP contribution is 2.32. The van der Waals surface area contributed by atoms with Crippen molar-refractivity contribution in [1.29, 1.82) is 0 Å². The van der Waals surface area contributed by atoms with Crippen molar-refractivity contribution < 1.29 is 9.59 Å². The second-order valence-electron chi connectivity index (χ2n) is 5.50. The van der Waals surface area contributed by atoms with Gasteiger partial charge in [-0.05, 0) is 43.2 Å². The van der Waals surface area contributed by atoms with Crippen LogP contribution in [0.5, 0.6) is 0 Å². The summed E-state index contributed by atoms with van der Waals surface area (Å²) in [4.78, 5) is 31.1. The van der Waals surface area contributed by atoms with Crippen LogP contribution >= 0.6 is 11.3 Å². The summed E-state index contributed by atoms with van der Waals surface area (Å²) in [6.45, 7) is 0. The number of fused-ring (bicyclic) bond motifs is 1. The zero-order chi connectivity index (χ0) is 15.8. The Balaban J connectivity index is 1.53. The van der Waals surface area contributed by atoms with Gasteiger partial charge in [-0.1, -0.05) is 11.3 Å². The third-order valence-corrected chi connectivity index (χ3v) is 4.60. The quantitative estimate of drug-likeness (QED) is 0.688. The van der Waals surface area contributed by atoms with Crippen molar-refractivity contribution in [3.63, 3.8) is 0 Å². The lowest BCUT2D eigenvalue weighted by atomic mass is 10.3. The summed E-state index contributed by atoms with van der Waals surface area (Å²) in [6.07, 6.45) is 3.65. The van der Waals surface area contributed by atoms with Gasteiger partial charge in [-0.2, -0.15) is 0 Å². The summed E-state index contributed by atoms with van der Waals surface area (Å²) in [5.41, 5.74) is 2.04. The molecule has 2 amide bonds. The highest BCUT2D eigenvalue weighted by molar-refractivity contribution is 7.22. The number of thiazole rings is 1. The van der Waals surface area contributed by atoms with E-state index in [-0.39, 0.29) is 17.7 Å². The van der Waals surface area contributed by atoms with Crippen molar-refractivity contribution in [1.82, 2.24) is 9.97 Å². The van der Waals surface area contributed by atoms with Gasteiger partial charge in [-0.3, -0.25) is 14.9 Å². The highest BCUT2D eigenvalue weighted by atomic mass is 32.1. The molecule has 1 aliphatic rings. The fraction of sp³-hybridized carbons (Fsp3) is 0.188. The molecule has 0 atom stereocenters. The Hall–Kier alpha value is -2.67. The van der Waals surface area contributed by atoms with Crippen LogP contribution in [-0.2, 0) is 4.79 Å². The molecule has 116 valence electrons. The van der Waals surface area contributed by atoms with E-state index < -0.39 is 0 Å². The number of nitrogens with one attached hydrogen (secondary N) is 3. The number of H-pyrrole nitrogens is 1. The number of aromatic amines is 1. The molecule has 1 fully saturated rings. The molecule has 0 saturated heterocycles. The molecule has 3 aromatic rings. The van der Waals surface area contributed by atoms with Crippen molar-refractivity contribution in [2.75, 3.05) is 10.6 Å². The lowest BCUT2D eigenvalue weighted by Gasteiger charge is -2.03. The van der Waals surface area contributed by atoms with Crippen molar-refractivity contribution in [3.05, 3.63) is 42.2 Å². The first-order chi connectivity index (χ1) is 11.2. The Morgan fingerprint density at radius 3 is 2.83 bits per heavy atom. The maximum Gasteiger partial charge on any atom is 0.273 e. The molecule has 0 unspecified atom stereocenters. The van der Waals surface area contributed by atoms with Crippen LogP contribution < -0.4 is 10.6 Å². The van der Waals surface area contributed by atoms with Crippen LogP contribution in [0.15, 0.2) is 36.5 Å². The number of anilines is 2. The third kappa shape index (κ3) is 2.95. The second kappa shape index (κ2) is 5.51. The van der Waals surface area contributed by atoms with E-state index in [1.165, 1.54) is 11.3 Å². The Kier molecular flexibility index (Phi) is 3.34. The molecular formula is C16H14N4O2S. The molecule has 7 heteroatoms. The number of carbonyl (C=O) groups excluding carboxylic acids is 2. The molecule has 1 saturated carbocycles. The van der Waals surface area contributed by atoms with E-state index >= 15 is 0 Å². The van der Waals surface area contributed by atoms with E-state index in [1.807, 2.05) is 18.2 Å².